The highest BCUT2D eigenvalue weighted by atomic mass is 79.9. The Bertz CT molecular complexity index is 680. The lowest BCUT2D eigenvalue weighted by atomic mass is 10.0. The Balaban J connectivity index is 1.81. The number of halogens is 1. The van der Waals surface area contributed by atoms with Crippen LogP contribution in [0.25, 0.3) is 0 Å². The molecule has 1 unspecified atom stereocenters. The van der Waals surface area contributed by atoms with Gasteiger partial charge in [-0.15, -0.1) is 0 Å². The second-order valence-electron chi connectivity index (χ2n) is 4.86. The highest BCUT2D eigenvalue weighted by Gasteiger charge is 2.33. The molecule has 0 amide bonds. The number of benzene rings is 1. The summed E-state index contributed by atoms with van der Waals surface area (Å²) in [5.74, 6) is 0.325. The van der Waals surface area contributed by atoms with Gasteiger partial charge in [-0.1, -0.05) is 15.9 Å². The van der Waals surface area contributed by atoms with Crippen LogP contribution in [-0.2, 0) is 10.0 Å². The van der Waals surface area contributed by atoms with Crippen LogP contribution in [0.5, 0.6) is 0 Å². The predicted molar refractivity (Wildman–Crippen MR) is 84.6 cm³/mol. The van der Waals surface area contributed by atoms with Crippen molar-refractivity contribution < 1.29 is 8.42 Å². The third-order valence-electron chi connectivity index (χ3n) is 3.62. The van der Waals surface area contributed by atoms with Crippen LogP contribution in [0.1, 0.15) is 17.9 Å². The average Bonchev–Trinajstić information content (AvgIpc) is 3.10. The van der Waals surface area contributed by atoms with Crippen molar-refractivity contribution in [3.63, 3.8) is 0 Å². The zero-order chi connectivity index (χ0) is 14.2. The van der Waals surface area contributed by atoms with E-state index in [0.29, 0.717) is 23.9 Å². The molecule has 0 radical (unpaired) electrons. The first-order valence-electron chi connectivity index (χ1n) is 6.35. The van der Waals surface area contributed by atoms with Gasteiger partial charge in [0.05, 0.1) is 4.90 Å². The van der Waals surface area contributed by atoms with Gasteiger partial charge in [0.2, 0.25) is 10.0 Å². The standard InChI is InChI=1S/C14H14BrNO2S2/c15-13-1-3-14(4-2-13)20(17,18)16-7-5-11(9-16)12-6-8-19-10-12/h1-4,6,8,10-11H,5,7,9H2. The molecule has 3 rings (SSSR count). The summed E-state index contributed by atoms with van der Waals surface area (Å²) >= 11 is 4.98. The largest absolute Gasteiger partial charge is 0.243 e. The van der Waals surface area contributed by atoms with E-state index in [-0.39, 0.29) is 0 Å². The minimum absolute atomic E-state index is 0.325. The van der Waals surface area contributed by atoms with Crippen LogP contribution in [0.15, 0.2) is 50.5 Å². The molecule has 2 heterocycles. The number of hydrogen-bond acceptors (Lipinski definition) is 3. The van der Waals surface area contributed by atoms with E-state index in [9.17, 15) is 8.42 Å². The van der Waals surface area contributed by atoms with E-state index >= 15 is 0 Å². The Labute approximate surface area is 131 Å². The molecule has 0 saturated carbocycles. The third kappa shape index (κ3) is 2.70. The van der Waals surface area contributed by atoms with E-state index in [2.05, 4.69) is 27.4 Å². The first-order valence-corrected chi connectivity index (χ1v) is 9.53. The van der Waals surface area contributed by atoms with Crippen molar-refractivity contribution in [1.29, 1.82) is 0 Å². The van der Waals surface area contributed by atoms with Gasteiger partial charge < -0.3 is 0 Å². The Morgan fingerprint density at radius 3 is 2.60 bits per heavy atom. The average molecular weight is 372 g/mol. The van der Waals surface area contributed by atoms with Gasteiger partial charge in [0.15, 0.2) is 0 Å². The Hall–Kier alpha value is -0.690. The molecule has 0 bridgehead atoms. The molecule has 3 nitrogen and oxygen atoms in total. The maximum atomic E-state index is 12.6. The van der Waals surface area contributed by atoms with E-state index in [4.69, 9.17) is 0 Å². The first kappa shape index (κ1) is 14.3. The van der Waals surface area contributed by atoms with Gasteiger partial charge in [0.25, 0.3) is 0 Å². The first-order chi connectivity index (χ1) is 9.57. The van der Waals surface area contributed by atoms with Gasteiger partial charge in [-0.25, -0.2) is 8.42 Å². The fraction of sp³-hybridized carbons (Fsp3) is 0.286. The van der Waals surface area contributed by atoms with Gasteiger partial charge in [-0.2, -0.15) is 15.6 Å². The molecular weight excluding hydrogens is 358 g/mol. The fourth-order valence-corrected chi connectivity index (χ4v) is 4.99. The van der Waals surface area contributed by atoms with Crippen LogP contribution < -0.4 is 0 Å². The molecule has 1 saturated heterocycles. The van der Waals surface area contributed by atoms with Crippen molar-refractivity contribution in [1.82, 2.24) is 4.31 Å². The molecule has 106 valence electrons. The lowest BCUT2D eigenvalue weighted by Gasteiger charge is -2.16. The van der Waals surface area contributed by atoms with Crippen molar-refractivity contribution in [2.75, 3.05) is 13.1 Å². The SMILES string of the molecule is O=S(=O)(c1ccc(Br)cc1)N1CCC(c2ccsc2)C1. The van der Waals surface area contributed by atoms with Gasteiger partial charge in [0.1, 0.15) is 0 Å². The fourth-order valence-electron chi connectivity index (χ4n) is 2.48. The molecule has 20 heavy (non-hydrogen) atoms. The highest BCUT2D eigenvalue weighted by molar-refractivity contribution is 9.10. The molecule has 1 atom stereocenters. The van der Waals surface area contributed by atoms with E-state index < -0.39 is 10.0 Å². The van der Waals surface area contributed by atoms with Crippen LogP contribution >= 0.6 is 27.3 Å². The van der Waals surface area contributed by atoms with Crippen LogP contribution in [-0.4, -0.2) is 25.8 Å². The van der Waals surface area contributed by atoms with Crippen LogP contribution in [0.4, 0.5) is 0 Å². The molecule has 1 fully saturated rings. The minimum atomic E-state index is -3.36. The summed E-state index contributed by atoms with van der Waals surface area (Å²) < 4.78 is 27.6. The molecule has 1 aliphatic heterocycles. The molecule has 0 spiro atoms. The monoisotopic (exact) mass is 371 g/mol. The van der Waals surface area contributed by atoms with Gasteiger partial charge in [-0.05, 0) is 59.0 Å². The topological polar surface area (TPSA) is 37.4 Å². The summed E-state index contributed by atoms with van der Waals surface area (Å²) in [4.78, 5) is 0.367. The van der Waals surface area contributed by atoms with Gasteiger partial charge >= 0.3 is 0 Å². The van der Waals surface area contributed by atoms with Crippen molar-refractivity contribution in [3.05, 3.63) is 51.1 Å². The lowest BCUT2D eigenvalue weighted by Crippen LogP contribution is -2.28. The summed E-state index contributed by atoms with van der Waals surface area (Å²) in [7, 11) is -3.36. The minimum Gasteiger partial charge on any atom is -0.207 e. The smallest absolute Gasteiger partial charge is 0.207 e. The van der Waals surface area contributed by atoms with Crippen LogP contribution in [0.2, 0.25) is 0 Å². The normalized spacial score (nSPS) is 20.4. The molecule has 0 N–H and O–H groups in total. The van der Waals surface area contributed by atoms with Crippen LogP contribution in [0, 0.1) is 0 Å². The number of sulfonamides is 1. The summed E-state index contributed by atoms with van der Waals surface area (Å²) in [5.41, 5.74) is 1.25. The summed E-state index contributed by atoms with van der Waals surface area (Å²) in [6.45, 7) is 1.17. The molecule has 0 aliphatic carbocycles. The Kier molecular flexibility index (Phi) is 3.99. The van der Waals surface area contributed by atoms with E-state index in [1.165, 1.54) is 5.56 Å². The molecule has 1 aromatic carbocycles. The summed E-state index contributed by atoms with van der Waals surface area (Å²) in [5, 5.41) is 4.15. The molecule has 6 heteroatoms. The molecule has 1 aromatic heterocycles. The maximum absolute atomic E-state index is 12.6. The predicted octanol–water partition coefficient (Wildman–Crippen LogP) is 3.69. The van der Waals surface area contributed by atoms with E-state index in [1.807, 2.05) is 5.38 Å². The molecule has 2 aromatic rings. The van der Waals surface area contributed by atoms with E-state index in [0.717, 1.165) is 10.9 Å². The summed E-state index contributed by atoms with van der Waals surface area (Å²) in [6, 6.07) is 8.92. The Morgan fingerprint density at radius 2 is 1.95 bits per heavy atom. The maximum Gasteiger partial charge on any atom is 0.243 e. The highest BCUT2D eigenvalue weighted by Crippen LogP contribution is 2.32. The number of thiophene rings is 1. The van der Waals surface area contributed by atoms with Crippen molar-refractivity contribution in [3.8, 4) is 0 Å². The second-order valence-corrected chi connectivity index (χ2v) is 8.49. The van der Waals surface area contributed by atoms with E-state index in [1.54, 1.807) is 39.9 Å². The third-order valence-corrected chi connectivity index (χ3v) is 6.73. The number of rotatable bonds is 3. The lowest BCUT2D eigenvalue weighted by molar-refractivity contribution is 0.473. The second kappa shape index (κ2) is 5.60. The zero-order valence-corrected chi connectivity index (χ0v) is 13.9. The molecule has 1 aliphatic rings. The van der Waals surface area contributed by atoms with Crippen molar-refractivity contribution in [2.45, 2.75) is 17.2 Å². The number of hydrogen-bond donors (Lipinski definition) is 0. The summed E-state index contributed by atoms with van der Waals surface area (Å²) in [6.07, 6.45) is 0.895. The Morgan fingerprint density at radius 1 is 1.20 bits per heavy atom. The van der Waals surface area contributed by atoms with Gasteiger partial charge in [-0.3, -0.25) is 0 Å². The molecular formula is C14H14BrNO2S2. The van der Waals surface area contributed by atoms with Gasteiger partial charge in [0, 0.05) is 17.6 Å². The van der Waals surface area contributed by atoms with Crippen molar-refractivity contribution in [2.24, 2.45) is 0 Å². The zero-order valence-electron chi connectivity index (χ0n) is 10.7. The number of nitrogens with zero attached hydrogens (tertiary/aromatic N) is 1. The quantitative estimate of drug-likeness (QED) is 0.824. The van der Waals surface area contributed by atoms with Crippen molar-refractivity contribution >= 4 is 37.3 Å². The van der Waals surface area contributed by atoms with Crippen LogP contribution in [0.3, 0.4) is 0 Å².